The molecule has 0 aliphatic carbocycles. The second kappa shape index (κ2) is 6.42. The third-order valence-electron chi connectivity index (χ3n) is 4.83. The van der Waals surface area contributed by atoms with Gasteiger partial charge in [-0.1, -0.05) is 12.1 Å². The predicted molar refractivity (Wildman–Crippen MR) is 88.1 cm³/mol. The van der Waals surface area contributed by atoms with E-state index in [4.69, 9.17) is 0 Å². The molecule has 0 spiro atoms. The van der Waals surface area contributed by atoms with E-state index in [2.05, 4.69) is 0 Å². The lowest BCUT2D eigenvalue weighted by molar-refractivity contribution is 0.0584. The summed E-state index contributed by atoms with van der Waals surface area (Å²) in [7, 11) is -0.508. The maximum absolute atomic E-state index is 14.0. The van der Waals surface area contributed by atoms with Crippen LogP contribution >= 0.6 is 0 Å². The molecule has 0 radical (unpaired) electrons. The molecule has 2 bridgehead atoms. The van der Waals surface area contributed by atoms with Gasteiger partial charge in [-0.15, -0.1) is 0 Å². The summed E-state index contributed by atoms with van der Waals surface area (Å²) in [6.07, 6.45) is 1.62. The summed E-state index contributed by atoms with van der Waals surface area (Å²) >= 11 is 0. The van der Waals surface area contributed by atoms with E-state index in [-0.39, 0.29) is 30.0 Å². The Labute approximate surface area is 142 Å². The van der Waals surface area contributed by atoms with Crippen molar-refractivity contribution in [2.45, 2.75) is 18.9 Å². The quantitative estimate of drug-likeness (QED) is 0.818. The number of carbonyl (C=O) groups excluding carboxylic acids is 1. The molecule has 6 nitrogen and oxygen atoms in total. The zero-order valence-electron chi connectivity index (χ0n) is 13.9. The topological polar surface area (TPSA) is 60.9 Å². The molecule has 3 fully saturated rings. The van der Waals surface area contributed by atoms with Crippen molar-refractivity contribution < 1.29 is 17.6 Å². The lowest BCUT2D eigenvalue weighted by atomic mass is 9.94. The third kappa shape index (κ3) is 3.05. The fourth-order valence-electron chi connectivity index (χ4n) is 3.50. The summed E-state index contributed by atoms with van der Waals surface area (Å²) in [5.74, 6) is -0.818. The number of hydrogen-bond donors (Lipinski definition) is 0. The van der Waals surface area contributed by atoms with Gasteiger partial charge in [0.25, 0.3) is 16.1 Å². The molecule has 8 heteroatoms. The Balaban J connectivity index is 1.87. The summed E-state index contributed by atoms with van der Waals surface area (Å²) in [4.78, 5) is 14.4. The van der Waals surface area contributed by atoms with Crippen molar-refractivity contribution in [2.24, 2.45) is 5.92 Å². The monoisotopic (exact) mass is 355 g/mol. The minimum absolute atomic E-state index is 0.0482. The number of carbonyl (C=O) groups is 1. The van der Waals surface area contributed by atoms with Crippen LogP contribution in [0.5, 0.6) is 0 Å². The highest BCUT2D eigenvalue weighted by molar-refractivity contribution is 7.86. The second-order valence-corrected chi connectivity index (χ2v) is 8.78. The Hall–Kier alpha value is -1.51. The van der Waals surface area contributed by atoms with Gasteiger partial charge in [0, 0.05) is 39.8 Å². The number of benzene rings is 1. The number of fused-ring (bicyclic) bond motifs is 4. The van der Waals surface area contributed by atoms with Gasteiger partial charge in [0.1, 0.15) is 5.82 Å². The van der Waals surface area contributed by atoms with Crippen molar-refractivity contribution in [1.29, 1.82) is 0 Å². The van der Waals surface area contributed by atoms with Gasteiger partial charge in [-0.05, 0) is 30.9 Å². The minimum Gasteiger partial charge on any atom is -0.334 e. The number of piperidine rings is 1. The molecule has 1 amide bonds. The molecule has 4 rings (SSSR count). The molecular formula is C16H22FN3O3S. The van der Waals surface area contributed by atoms with Crippen LogP contribution in [0.25, 0.3) is 0 Å². The first-order valence-corrected chi connectivity index (χ1v) is 9.43. The van der Waals surface area contributed by atoms with Crippen LogP contribution in [0, 0.1) is 11.7 Å². The Morgan fingerprint density at radius 3 is 2.54 bits per heavy atom. The molecule has 0 aromatic heterocycles. The van der Waals surface area contributed by atoms with E-state index in [0.717, 1.165) is 12.8 Å². The maximum atomic E-state index is 14.0. The van der Waals surface area contributed by atoms with E-state index >= 15 is 0 Å². The lowest BCUT2D eigenvalue weighted by Gasteiger charge is -2.36. The fourth-order valence-corrected chi connectivity index (χ4v) is 4.72. The first-order chi connectivity index (χ1) is 11.3. The fraction of sp³-hybridized carbons (Fsp3) is 0.562. The van der Waals surface area contributed by atoms with E-state index in [9.17, 15) is 17.6 Å². The van der Waals surface area contributed by atoms with Gasteiger partial charge in [0.15, 0.2) is 0 Å². The SMILES string of the molecule is CN(C)S(=O)(=O)N1C[C@@H]2CC[C@H](C1)N(C(=O)c1ccccc1F)C2. The number of hydrogen-bond acceptors (Lipinski definition) is 3. The molecule has 1 aromatic carbocycles. The Kier molecular flexibility index (Phi) is 4.63. The molecule has 3 aliphatic rings. The summed E-state index contributed by atoms with van der Waals surface area (Å²) < 4.78 is 41.5. The molecule has 3 saturated heterocycles. The van der Waals surface area contributed by atoms with Gasteiger partial charge in [-0.3, -0.25) is 4.79 Å². The number of halogens is 1. The average molecular weight is 355 g/mol. The molecule has 3 heterocycles. The normalized spacial score (nSPS) is 25.1. The average Bonchev–Trinajstić information content (AvgIpc) is 2.87. The van der Waals surface area contributed by atoms with Gasteiger partial charge < -0.3 is 4.90 Å². The van der Waals surface area contributed by atoms with E-state index in [1.807, 2.05) is 0 Å². The Bertz CT molecular complexity index is 738. The molecule has 1 aromatic rings. The summed E-state index contributed by atoms with van der Waals surface area (Å²) in [6, 6.07) is 5.71. The van der Waals surface area contributed by atoms with Crippen molar-refractivity contribution in [3.05, 3.63) is 35.6 Å². The largest absolute Gasteiger partial charge is 0.334 e. The van der Waals surface area contributed by atoms with Crippen molar-refractivity contribution in [3.63, 3.8) is 0 Å². The number of amides is 1. The lowest BCUT2D eigenvalue weighted by Crippen LogP contribution is -2.48. The maximum Gasteiger partial charge on any atom is 0.281 e. The molecule has 0 saturated carbocycles. The van der Waals surface area contributed by atoms with Crippen LogP contribution in [0.4, 0.5) is 4.39 Å². The second-order valence-electron chi connectivity index (χ2n) is 6.64. The molecule has 24 heavy (non-hydrogen) atoms. The van der Waals surface area contributed by atoms with E-state index in [0.29, 0.717) is 13.1 Å². The smallest absolute Gasteiger partial charge is 0.281 e. The number of rotatable bonds is 3. The van der Waals surface area contributed by atoms with Gasteiger partial charge in [0.05, 0.1) is 5.56 Å². The van der Waals surface area contributed by atoms with Gasteiger partial charge >= 0.3 is 0 Å². The van der Waals surface area contributed by atoms with Crippen molar-refractivity contribution in [2.75, 3.05) is 33.7 Å². The summed E-state index contributed by atoms with van der Waals surface area (Å²) in [6.45, 7) is 1.13. The van der Waals surface area contributed by atoms with Crippen LogP contribution in [-0.2, 0) is 10.2 Å². The third-order valence-corrected chi connectivity index (χ3v) is 6.71. The molecular weight excluding hydrogens is 333 g/mol. The molecule has 3 aliphatic heterocycles. The zero-order chi connectivity index (χ0) is 17.5. The zero-order valence-corrected chi connectivity index (χ0v) is 14.7. The van der Waals surface area contributed by atoms with Gasteiger partial charge in [-0.25, -0.2) is 4.39 Å². The standard InChI is InChI=1S/C16H22FN3O3S/c1-18(2)24(22,23)19-9-12-7-8-13(11-19)20(10-12)16(21)14-5-3-4-6-15(14)17/h3-6,12-13H,7-11H2,1-2H3/t12-,13+/m0/s1. The van der Waals surface area contributed by atoms with Crippen molar-refractivity contribution >= 4 is 16.1 Å². The van der Waals surface area contributed by atoms with Gasteiger partial charge in [-0.2, -0.15) is 17.0 Å². The number of nitrogens with zero attached hydrogens (tertiary/aromatic N) is 3. The molecule has 132 valence electrons. The van der Waals surface area contributed by atoms with Crippen LogP contribution in [0.2, 0.25) is 0 Å². The summed E-state index contributed by atoms with van der Waals surface area (Å²) in [5, 5.41) is 0. The van der Waals surface area contributed by atoms with E-state index < -0.39 is 16.0 Å². The first kappa shape index (κ1) is 17.3. The van der Waals surface area contributed by atoms with E-state index in [1.54, 1.807) is 17.0 Å². The summed E-state index contributed by atoms with van der Waals surface area (Å²) in [5.41, 5.74) is 0.0482. The highest BCUT2D eigenvalue weighted by Gasteiger charge is 2.41. The van der Waals surface area contributed by atoms with Gasteiger partial charge in [0.2, 0.25) is 0 Å². The Morgan fingerprint density at radius 1 is 1.17 bits per heavy atom. The molecule has 2 atom stereocenters. The van der Waals surface area contributed by atoms with Crippen LogP contribution < -0.4 is 0 Å². The molecule has 0 N–H and O–H groups in total. The van der Waals surface area contributed by atoms with E-state index in [1.165, 1.54) is 34.8 Å². The predicted octanol–water partition coefficient (Wildman–Crippen LogP) is 1.17. The highest BCUT2D eigenvalue weighted by Crippen LogP contribution is 2.31. The van der Waals surface area contributed by atoms with Crippen LogP contribution in [0.3, 0.4) is 0 Å². The Morgan fingerprint density at radius 2 is 1.88 bits per heavy atom. The van der Waals surface area contributed by atoms with Crippen molar-refractivity contribution in [3.8, 4) is 0 Å². The van der Waals surface area contributed by atoms with Crippen LogP contribution in [0.1, 0.15) is 23.2 Å². The van der Waals surface area contributed by atoms with Crippen LogP contribution in [0.15, 0.2) is 24.3 Å². The van der Waals surface area contributed by atoms with Crippen LogP contribution in [-0.4, -0.2) is 67.6 Å². The minimum atomic E-state index is -3.52. The highest BCUT2D eigenvalue weighted by atomic mass is 32.2. The van der Waals surface area contributed by atoms with Crippen molar-refractivity contribution in [1.82, 2.24) is 13.5 Å². The molecule has 0 unspecified atom stereocenters. The first-order valence-electron chi connectivity index (χ1n) is 8.04.